The average molecular weight is 397 g/mol. The fourth-order valence-electron chi connectivity index (χ4n) is 2.58. The van der Waals surface area contributed by atoms with Crippen LogP contribution in [-0.4, -0.2) is 18.9 Å². The van der Waals surface area contributed by atoms with E-state index in [0.717, 1.165) is 15.6 Å². The summed E-state index contributed by atoms with van der Waals surface area (Å²) in [6.45, 7) is 1.79. The molecular formula is C18H11Cl2FO3S. The lowest BCUT2D eigenvalue weighted by atomic mass is 9.99. The third-order valence-corrected chi connectivity index (χ3v) is 5.46. The Morgan fingerprint density at radius 2 is 1.84 bits per heavy atom. The molecule has 1 aromatic heterocycles. The number of rotatable bonds is 3. The molecule has 3 rings (SSSR count). The van der Waals surface area contributed by atoms with Gasteiger partial charge < -0.3 is 4.74 Å². The Hall–Kier alpha value is -1.95. The van der Waals surface area contributed by atoms with E-state index in [4.69, 9.17) is 27.9 Å². The fourth-order valence-corrected chi connectivity index (χ4v) is 4.09. The smallest absolute Gasteiger partial charge is 0.337 e. The van der Waals surface area contributed by atoms with Crippen molar-refractivity contribution in [2.45, 2.75) is 6.92 Å². The number of aryl methyl sites for hydroxylation is 1. The lowest BCUT2D eigenvalue weighted by Crippen LogP contribution is -2.05. The van der Waals surface area contributed by atoms with Crippen molar-refractivity contribution in [2.75, 3.05) is 7.11 Å². The van der Waals surface area contributed by atoms with Crippen molar-refractivity contribution in [3.05, 3.63) is 67.8 Å². The van der Waals surface area contributed by atoms with Gasteiger partial charge in [-0.25, -0.2) is 9.18 Å². The number of halogens is 3. The minimum absolute atomic E-state index is 0.0230. The van der Waals surface area contributed by atoms with Crippen molar-refractivity contribution in [3.63, 3.8) is 0 Å². The highest BCUT2D eigenvalue weighted by Crippen LogP contribution is 2.35. The lowest BCUT2D eigenvalue weighted by Gasteiger charge is -2.06. The Bertz CT molecular complexity index is 1030. The van der Waals surface area contributed by atoms with Gasteiger partial charge in [-0.3, -0.25) is 4.79 Å². The summed E-state index contributed by atoms with van der Waals surface area (Å²) >= 11 is 13.2. The third kappa shape index (κ3) is 3.15. The summed E-state index contributed by atoms with van der Waals surface area (Å²) in [4.78, 5) is 25.5. The van der Waals surface area contributed by atoms with Crippen molar-refractivity contribution in [1.82, 2.24) is 0 Å². The van der Waals surface area contributed by atoms with Gasteiger partial charge in [0.05, 0.1) is 22.7 Å². The molecule has 0 atom stereocenters. The van der Waals surface area contributed by atoms with Crippen LogP contribution >= 0.6 is 34.5 Å². The average Bonchev–Trinajstić information content (AvgIpc) is 2.91. The SMILES string of the molecule is COC(=O)c1ccc2sc(C)c(C(=O)c3cc(F)c(Cl)cc3Cl)c2c1. The zero-order chi connectivity index (χ0) is 18.3. The Morgan fingerprint density at radius 1 is 1.12 bits per heavy atom. The van der Waals surface area contributed by atoms with E-state index in [-0.39, 0.29) is 15.6 Å². The van der Waals surface area contributed by atoms with Crippen LogP contribution in [0.1, 0.15) is 31.2 Å². The van der Waals surface area contributed by atoms with Gasteiger partial charge in [-0.1, -0.05) is 23.2 Å². The highest BCUT2D eigenvalue weighted by atomic mass is 35.5. The van der Waals surface area contributed by atoms with Crippen molar-refractivity contribution < 1.29 is 18.7 Å². The van der Waals surface area contributed by atoms with Crippen LogP contribution < -0.4 is 0 Å². The molecule has 1 heterocycles. The van der Waals surface area contributed by atoms with Crippen LogP contribution in [0, 0.1) is 12.7 Å². The predicted molar refractivity (Wildman–Crippen MR) is 97.8 cm³/mol. The molecule has 0 saturated carbocycles. The number of carbonyl (C=O) groups excluding carboxylic acids is 2. The first-order chi connectivity index (χ1) is 11.8. The molecule has 25 heavy (non-hydrogen) atoms. The van der Waals surface area contributed by atoms with Gasteiger partial charge in [0.15, 0.2) is 5.78 Å². The molecule has 0 saturated heterocycles. The molecule has 0 unspecified atom stereocenters. The van der Waals surface area contributed by atoms with Crippen molar-refractivity contribution in [2.24, 2.45) is 0 Å². The summed E-state index contributed by atoms with van der Waals surface area (Å²) in [6.07, 6.45) is 0. The van der Waals surface area contributed by atoms with E-state index >= 15 is 0 Å². The summed E-state index contributed by atoms with van der Waals surface area (Å²) < 4.78 is 19.3. The number of hydrogen-bond acceptors (Lipinski definition) is 4. The maximum Gasteiger partial charge on any atom is 0.337 e. The second-order valence-corrected chi connectivity index (χ2v) is 7.38. The third-order valence-electron chi connectivity index (χ3n) is 3.77. The minimum atomic E-state index is -0.721. The van der Waals surface area contributed by atoms with E-state index in [0.29, 0.717) is 16.5 Å². The molecule has 128 valence electrons. The summed E-state index contributed by atoms with van der Waals surface area (Å²) in [7, 11) is 1.29. The molecule has 0 bridgehead atoms. The van der Waals surface area contributed by atoms with Crippen LogP contribution in [0.3, 0.4) is 0 Å². The number of ether oxygens (including phenoxy) is 1. The number of thiophene rings is 1. The van der Waals surface area contributed by atoms with Gasteiger partial charge in [-0.15, -0.1) is 11.3 Å². The fraction of sp³-hybridized carbons (Fsp3) is 0.111. The van der Waals surface area contributed by atoms with Crippen molar-refractivity contribution in [1.29, 1.82) is 0 Å². The summed E-state index contributed by atoms with van der Waals surface area (Å²) in [5.41, 5.74) is 0.736. The first-order valence-corrected chi connectivity index (χ1v) is 8.71. The molecule has 0 radical (unpaired) electrons. The Labute approximate surface area is 156 Å². The van der Waals surface area contributed by atoms with E-state index in [2.05, 4.69) is 0 Å². The van der Waals surface area contributed by atoms with Crippen molar-refractivity contribution in [3.8, 4) is 0 Å². The molecule has 0 amide bonds. The molecule has 0 aliphatic carbocycles. The number of methoxy groups -OCH3 is 1. The Kier molecular flexibility index (Phi) is 4.82. The predicted octanol–water partition coefficient (Wildman–Crippen LogP) is 5.67. The standard InChI is InChI=1S/C18H11Cl2FO3S/c1-8-16(17(22)10-6-14(21)13(20)7-12(10)19)11-5-9(18(23)24-2)3-4-15(11)25-8/h3-7H,1-2H3. The van der Waals surface area contributed by atoms with Gasteiger partial charge in [-0.2, -0.15) is 0 Å². The van der Waals surface area contributed by atoms with E-state index in [1.807, 2.05) is 0 Å². The number of carbonyl (C=O) groups is 2. The molecule has 0 spiro atoms. The van der Waals surface area contributed by atoms with Gasteiger partial charge in [0.25, 0.3) is 0 Å². The highest BCUT2D eigenvalue weighted by Gasteiger charge is 2.22. The van der Waals surface area contributed by atoms with Gasteiger partial charge in [0.2, 0.25) is 0 Å². The van der Waals surface area contributed by atoms with E-state index in [1.54, 1.807) is 25.1 Å². The van der Waals surface area contributed by atoms with Gasteiger partial charge in [-0.05, 0) is 37.3 Å². The molecular weight excluding hydrogens is 386 g/mol. The first kappa shape index (κ1) is 17.9. The first-order valence-electron chi connectivity index (χ1n) is 7.14. The molecule has 0 aliphatic heterocycles. The molecule has 3 nitrogen and oxygen atoms in total. The van der Waals surface area contributed by atoms with Crippen LogP contribution in [0.25, 0.3) is 10.1 Å². The number of ketones is 1. The maximum absolute atomic E-state index is 13.8. The quantitative estimate of drug-likeness (QED) is 0.325. The monoisotopic (exact) mass is 396 g/mol. The molecule has 7 heteroatoms. The van der Waals surface area contributed by atoms with E-state index < -0.39 is 17.6 Å². The topological polar surface area (TPSA) is 43.4 Å². The number of benzene rings is 2. The van der Waals surface area contributed by atoms with Crippen LogP contribution in [-0.2, 0) is 4.74 Å². The zero-order valence-corrected chi connectivity index (χ0v) is 15.5. The Morgan fingerprint density at radius 3 is 2.52 bits per heavy atom. The van der Waals surface area contributed by atoms with Crippen LogP contribution in [0.4, 0.5) is 4.39 Å². The van der Waals surface area contributed by atoms with E-state index in [9.17, 15) is 14.0 Å². The number of esters is 1. The van der Waals surface area contributed by atoms with Gasteiger partial charge >= 0.3 is 5.97 Å². The zero-order valence-electron chi connectivity index (χ0n) is 13.2. The largest absolute Gasteiger partial charge is 0.465 e. The molecule has 2 aromatic carbocycles. The second-order valence-electron chi connectivity index (χ2n) is 5.31. The molecule has 0 fully saturated rings. The number of fused-ring (bicyclic) bond motifs is 1. The van der Waals surface area contributed by atoms with Gasteiger partial charge in [0, 0.05) is 26.1 Å². The Balaban J connectivity index is 2.21. The lowest BCUT2D eigenvalue weighted by molar-refractivity contribution is 0.0600. The van der Waals surface area contributed by atoms with Gasteiger partial charge in [0.1, 0.15) is 5.82 Å². The summed E-state index contributed by atoms with van der Waals surface area (Å²) in [6, 6.07) is 7.21. The van der Waals surface area contributed by atoms with Crippen LogP contribution in [0.15, 0.2) is 30.3 Å². The summed E-state index contributed by atoms with van der Waals surface area (Å²) in [5, 5.41) is 0.516. The van der Waals surface area contributed by atoms with E-state index in [1.165, 1.54) is 24.5 Å². The highest BCUT2D eigenvalue weighted by molar-refractivity contribution is 7.19. The van der Waals surface area contributed by atoms with Crippen molar-refractivity contribution >= 4 is 56.4 Å². The summed E-state index contributed by atoms with van der Waals surface area (Å²) in [5.74, 6) is -1.65. The maximum atomic E-state index is 13.8. The van der Waals surface area contributed by atoms with Crippen LogP contribution in [0.2, 0.25) is 10.0 Å². The molecule has 0 N–H and O–H groups in total. The molecule has 0 aliphatic rings. The second kappa shape index (κ2) is 6.75. The molecule has 3 aromatic rings. The number of hydrogen-bond donors (Lipinski definition) is 0. The normalized spacial score (nSPS) is 10.9. The minimum Gasteiger partial charge on any atom is -0.465 e. The van der Waals surface area contributed by atoms with Crippen LogP contribution in [0.5, 0.6) is 0 Å².